The van der Waals surface area contributed by atoms with Crippen LogP contribution in [0.15, 0.2) is 34.0 Å². The molecular weight excluding hydrogens is 792 g/mol. The Bertz CT molecular complexity index is 1630. The number of hydrogen-bond acceptors (Lipinski definition) is 16. The minimum atomic E-state index is -1.85. The molecule has 0 saturated carbocycles. The Kier molecular flexibility index (Phi) is 19.7. The van der Waals surface area contributed by atoms with E-state index in [0.29, 0.717) is 6.42 Å². The van der Waals surface area contributed by atoms with Crippen LogP contribution in [0.5, 0.6) is 0 Å². The van der Waals surface area contributed by atoms with E-state index in [4.69, 9.17) is 18.9 Å². The fourth-order valence-electron chi connectivity index (χ4n) is 7.80. The highest BCUT2D eigenvalue weighted by molar-refractivity contribution is 5.87. The minimum absolute atomic E-state index is 0.597. The zero-order chi connectivity index (χ0) is 44.1. The van der Waals surface area contributed by atoms with Gasteiger partial charge in [0.25, 0.3) is 5.56 Å². The van der Waals surface area contributed by atoms with Gasteiger partial charge in [-0.1, -0.05) is 77.7 Å². The number of aliphatic hydroxyl groups excluding tert-OH is 8. The van der Waals surface area contributed by atoms with Crippen LogP contribution < -0.4 is 21.9 Å². The number of hydrogen-bond donors (Lipinski definition) is 11. The van der Waals surface area contributed by atoms with Crippen LogP contribution in [-0.2, 0) is 28.5 Å². The molecule has 2 amide bonds. The summed E-state index contributed by atoms with van der Waals surface area (Å²) < 4.78 is 24.1. The molecule has 0 aliphatic carbocycles. The van der Waals surface area contributed by atoms with E-state index >= 15 is 0 Å². The molecule has 15 atom stereocenters. The van der Waals surface area contributed by atoms with Crippen LogP contribution in [0.3, 0.4) is 0 Å². The van der Waals surface area contributed by atoms with Gasteiger partial charge in [0.2, 0.25) is 11.8 Å². The molecule has 0 spiro atoms. The molecule has 60 heavy (non-hydrogen) atoms. The second-order valence-corrected chi connectivity index (χ2v) is 16.5. The van der Waals surface area contributed by atoms with Gasteiger partial charge in [0.1, 0.15) is 60.9 Å². The van der Waals surface area contributed by atoms with E-state index in [1.807, 2.05) is 4.98 Å². The summed E-state index contributed by atoms with van der Waals surface area (Å²) in [4.78, 5) is 51.2. The largest absolute Gasteiger partial charge is 0.394 e. The Labute approximate surface area is 348 Å². The van der Waals surface area contributed by atoms with Crippen molar-refractivity contribution in [3.05, 3.63) is 45.3 Å². The number of carbonyl (C=O) groups excluding carboxylic acids is 2. The summed E-state index contributed by atoms with van der Waals surface area (Å²) in [7, 11) is 0. The van der Waals surface area contributed by atoms with E-state index in [9.17, 15) is 60.0 Å². The van der Waals surface area contributed by atoms with E-state index in [-0.39, 0.29) is 0 Å². The van der Waals surface area contributed by atoms with Gasteiger partial charge in [0.15, 0.2) is 18.8 Å². The molecule has 20 nitrogen and oxygen atoms in total. The molecule has 4 heterocycles. The fraction of sp³-hybridized carbons (Fsp3) is 0.800. The summed E-state index contributed by atoms with van der Waals surface area (Å²) in [6.07, 6.45) is -6.31. The van der Waals surface area contributed by atoms with Crippen molar-refractivity contribution in [2.75, 3.05) is 6.61 Å². The quantitative estimate of drug-likeness (QED) is 0.0458. The Morgan fingerprint density at radius 1 is 0.800 bits per heavy atom. The molecule has 1 aromatic heterocycles. The molecule has 3 saturated heterocycles. The molecule has 0 radical (unpaired) electrons. The van der Waals surface area contributed by atoms with Gasteiger partial charge < -0.3 is 70.4 Å². The van der Waals surface area contributed by atoms with Crippen LogP contribution in [-0.4, -0.2) is 155 Å². The molecule has 20 heteroatoms. The molecule has 0 aromatic carbocycles. The Morgan fingerprint density at radius 3 is 1.95 bits per heavy atom. The zero-order valence-corrected chi connectivity index (χ0v) is 34.5. The van der Waals surface area contributed by atoms with E-state index in [1.54, 1.807) is 6.08 Å². The van der Waals surface area contributed by atoms with E-state index in [1.165, 1.54) is 44.6 Å². The third-order valence-electron chi connectivity index (χ3n) is 11.2. The number of amides is 2. The highest BCUT2D eigenvalue weighted by Gasteiger charge is 2.53. The van der Waals surface area contributed by atoms with Gasteiger partial charge in [0, 0.05) is 25.6 Å². The molecule has 342 valence electrons. The number of rotatable bonds is 22. The number of nitrogens with one attached hydrogen (secondary N) is 3. The molecular formula is C40H66N4O16. The number of carbonyl (C=O) groups is 2. The minimum Gasteiger partial charge on any atom is -0.394 e. The zero-order valence-electron chi connectivity index (χ0n) is 34.5. The smallest absolute Gasteiger partial charge is 0.330 e. The third-order valence-corrected chi connectivity index (χ3v) is 11.2. The topological polar surface area (TPSA) is 312 Å². The number of aromatic amines is 1. The number of unbranched alkanes of at least 4 members (excludes halogenated alkanes) is 9. The molecule has 0 bridgehead atoms. The van der Waals surface area contributed by atoms with Crippen molar-refractivity contribution in [1.29, 1.82) is 0 Å². The summed E-state index contributed by atoms with van der Waals surface area (Å²) in [5.74, 6) is -0.604. The van der Waals surface area contributed by atoms with Crippen LogP contribution in [0.4, 0.5) is 0 Å². The maximum absolute atomic E-state index is 13.2. The number of allylic oxidation sites excluding steroid dienone is 1. The number of ether oxygens (including phenoxy) is 4. The van der Waals surface area contributed by atoms with Gasteiger partial charge >= 0.3 is 5.69 Å². The average Bonchev–Trinajstić information content (AvgIpc) is 3.49. The first-order chi connectivity index (χ1) is 28.5. The van der Waals surface area contributed by atoms with Crippen LogP contribution >= 0.6 is 0 Å². The van der Waals surface area contributed by atoms with Crippen molar-refractivity contribution in [1.82, 2.24) is 20.2 Å². The highest BCUT2D eigenvalue weighted by atomic mass is 16.8. The number of aliphatic hydroxyl groups is 8. The third kappa shape index (κ3) is 13.7. The lowest BCUT2D eigenvalue weighted by atomic mass is 9.91. The second-order valence-electron chi connectivity index (χ2n) is 16.5. The van der Waals surface area contributed by atoms with E-state index in [0.717, 1.165) is 55.4 Å². The number of H-pyrrole nitrogens is 1. The van der Waals surface area contributed by atoms with Gasteiger partial charge in [-0.05, 0) is 24.8 Å². The first-order valence-electron chi connectivity index (χ1n) is 21.1. The van der Waals surface area contributed by atoms with Crippen LogP contribution in [0.2, 0.25) is 0 Å². The van der Waals surface area contributed by atoms with Crippen molar-refractivity contribution >= 4 is 11.8 Å². The lowest BCUT2D eigenvalue weighted by Gasteiger charge is -2.47. The molecule has 3 aliphatic heterocycles. The Morgan fingerprint density at radius 2 is 1.37 bits per heavy atom. The van der Waals surface area contributed by atoms with Crippen molar-refractivity contribution in [3.63, 3.8) is 0 Å². The molecule has 4 rings (SSSR count). The number of nitrogens with zero attached hydrogens (tertiary/aromatic N) is 1. The van der Waals surface area contributed by atoms with Crippen molar-refractivity contribution < 1.29 is 69.4 Å². The first-order valence-corrected chi connectivity index (χ1v) is 21.1. The van der Waals surface area contributed by atoms with Crippen molar-refractivity contribution in [2.24, 2.45) is 5.92 Å². The summed E-state index contributed by atoms with van der Waals surface area (Å²) in [5.41, 5.74) is -1.68. The molecule has 1 aromatic rings. The molecule has 3 aliphatic rings. The van der Waals surface area contributed by atoms with Gasteiger partial charge in [0.05, 0.1) is 18.8 Å². The van der Waals surface area contributed by atoms with E-state index < -0.39 is 128 Å². The normalized spacial score (nSPS) is 33.9. The Hall–Kier alpha value is -3.12. The number of aromatic nitrogens is 2. The molecule has 3 fully saturated rings. The maximum Gasteiger partial charge on any atom is 0.330 e. The maximum atomic E-state index is 13.2. The van der Waals surface area contributed by atoms with Gasteiger partial charge in [-0.15, -0.1) is 0 Å². The second kappa shape index (κ2) is 23.9. The van der Waals surface area contributed by atoms with Crippen LogP contribution in [0, 0.1) is 5.92 Å². The predicted molar refractivity (Wildman–Crippen MR) is 212 cm³/mol. The van der Waals surface area contributed by atoms with Crippen molar-refractivity contribution in [2.45, 2.75) is 190 Å². The SMILES string of the molecule is CC(=O)N[C@H]1[C@@H](O[C@H]2O[C@@H](CC(O)C3OC(n4ccc(=O)[nH]c4=O)C(O)C3O)[C@@H](O)[C@@H](O)[C@@H]2NC(=O)/C=C/CCCCCCCCCCCC(C)C)O[C@H](CO)[C@@H](O)[C@@H]1O. The van der Waals surface area contributed by atoms with Gasteiger partial charge in [-0.2, -0.15) is 0 Å². The predicted octanol–water partition coefficient (Wildman–Crippen LogP) is -1.70. The molecule has 11 N–H and O–H groups in total. The van der Waals surface area contributed by atoms with Crippen LogP contribution in [0.1, 0.15) is 104 Å². The van der Waals surface area contributed by atoms with E-state index in [2.05, 4.69) is 24.5 Å². The van der Waals surface area contributed by atoms with Gasteiger partial charge in [-0.25, -0.2) is 4.79 Å². The van der Waals surface area contributed by atoms with Crippen molar-refractivity contribution in [3.8, 4) is 0 Å². The van der Waals surface area contributed by atoms with Crippen LogP contribution in [0.25, 0.3) is 0 Å². The summed E-state index contributed by atoms with van der Waals surface area (Å²) >= 11 is 0. The highest BCUT2D eigenvalue weighted by Crippen LogP contribution is 2.34. The lowest BCUT2D eigenvalue weighted by Crippen LogP contribution is -2.68. The first kappa shape index (κ1) is 49.5. The lowest BCUT2D eigenvalue weighted by molar-refractivity contribution is -0.346. The average molecular weight is 859 g/mol. The monoisotopic (exact) mass is 858 g/mol. The fourth-order valence-corrected chi connectivity index (χ4v) is 7.80. The summed E-state index contributed by atoms with van der Waals surface area (Å²) in [6.45, 7) is 4.83. The standard InChI is InChI=1S/C40H66N4O16/c1-21(2)15-13-11-9-7-5-4-6-8-10-12-14-16-26(48)42-29-33(53)30(50)24(57-39(29)60-38-28(41-22(3)46)32(52)31(51)25(20-45)58-38)19-23(47)36-34(54)35(55)37(59-36)44-18-17-27(49)43-40(44)56/h14,16-18,21,23-25,28-39,45,47,50-55H,4-13,15,19-20H2,1-3H3,(H,41,46)(H,42,48)(H,43,49,56)/b16-14+/t23?,24-,25+,28+,29-,30+,31+,32+,33-,34?,35?,36?,37?,38+,39+/m0/s1. The van der Waals surface area contributed by atoms with Gasteiger partial charge in [-0.3, -0.25) is 23.9 Å². The Balaban J connectivity index is 1.42. The summed E-state index contributed by atoms with van der Waals surface area (Å²) in [6, 6.07) is -2.01. The molecule has 5 unspecified atom stereocenters. The summed E-state index contributed by atoms with van der Waals surface area (Å²) in [5, 5.41) is 91.5.